The van der Waals surface area contributed by atoms with Gasteiger partial charge >= 0.3 is 0 Å². The van der Waals surface area contributed by atoms with Crippen LogP contribution < -0.4 is 4.74 Å². The molecule has 0 saturated heterocycles. The lowest BCUT2D eigenvalue weighted by Gasteiger charge is -2.09. The summed E-state index contributed by atoms with van der Waals surface area (Å²) in [5.41, 5.74) is 0. The predicted molar refractivity (Wildman–Crippen MR) is 105 cm³/mol. The Bertz CT molecular complexity index is 393. The van der Waals surface area contributed by atoms with E-state index in [1.54, 1.807) is 0 Å². The third-order valence-corrected chi connectivity index (χ3v) is 4.38. The van der Waals surface area contributed by atoms with Gasteiger partial charge in [-0.05, 0) is 32.1 Å². The van der Waals surface area contributed by atoms with Crippen LogP contribution in [0.15, 0.2) is 12.4 Å². The van der Waals surface area contributed by atoms with Gasteiger partial charge in [-0.3, -0.25) is 0 Å². The molecule has 0 spiro atoms. The van der Waals surface area contributed by atoms with Crippen LogP contribution in [0.5, 0.6) is 6.01 Å². The van der Waals surface area contributed by atoms with Crippen LogP contribution >= 0.6 is 0 Å². The Labute approximate surface area is 155 Å². The van der Waals surface area contributed by atoms with Crippen molar-refractivity contribution in [1.82, 2.24) is 9.55 Å². The Morgan fingerprint density at radius 1 is 0.880 bits per heavy atom. The minimum atomic E-state index is 0.758. The summed E-state index contributed by atoms with van der Waals surface area (Å²) in [5, 5.41) is 0. The molecule has 0 aromatic carbocycles. The van der Waals surface area contributed by atoms with Crippen LogP contribution in [0.4, 0.5) is 0 Å². The Hall–Kier alpha value is -1.03. The molecule has 0 atom stereocenters. The number of hydrogen-bond donors (Lipinski definition) is 0. The summed E-state index contributed by atoms with van der Waals surface area (Å²) in [6.07, 6.45) is 18.3. The van der Waals surface area contributed by atoms with Gasteiger partial charge in [-0.2, -0.15) is 0 Å². The Kier molecular flexibility index (Phi) is 14.5. The number of ether oxygens (including phenoxy) is 2. The van der Waals surface area contributed by atoms with E-state index in [1.807, 2.05) is 12.4 Å². The van der Waals surface area contributed by atoms with Crippen molar-refractivity contribution in [3.05, 3.63) is 19.3 Å². The van der Waals surface area contributed by atoms with E-state index in [2.05, 4.69) is 23.4 Å². The molecule has 0 amide bonds. The molecule has 1 aromatic heterocycles. The number of rotatable bonds is 18. The zero-order chi connectivity index (χ0) is 18.0. The molecule has 145 valence electrons. The normalized spacial score (nSPS) is 11.1. The summed E-state index contributed by atoms with van der Waals surface area (Å²) >= 11 is 0. The van der Waals surface area contributed by atoms with E-state index in [0.29, 0.717) is 0 Å². The van der Waals surface area contributed by atoms with Gasteiger partial charge in [-0.15, -0.1) is 0 Å². The molecule has 25 heavy (non-hydrogen) atoms. The van der Waals surface area contributed by atoms with E-state index in [-0.39, 0.29) is 0 Å². The van der Waals surface area contributed by atoms with E-state index in [1.165, 1.54) is 57.8 Å². The molecule has 1 radical (unpaired) electrons. The zero-order valence-corrected chi connectivity index (χ0v) is 16.4. The fourth-order valence-electron chi connectivity index (χ4n) is 2.80. The van der Waals surface area contributed by atoms with Gasteiger partial charge in [0, 0.05) is 32.2 Å². The van der Waals surface area contributed by atoms with E-state index < -0.39 is 0 Å². The quantitative estimate of drug-likeness (QED) is 0.313. The van der Waals surface area contributed by atoms with Gasteiger partial charge < -0.3 is 14.0 Å². The van der Waals surface area contributed by atoms with Crippen molar-refractivity contribution in [2.24, 2.45) is 0 Å². The third-order valence-electron chi connectivity index (χ3n) is 4.38. The van der Waals surface area contributed by atoms with Gasteiger partial charge in [0.2, 0.25) is 0 Å². The Morgan fingerprint density at radius 2 is 1.56 bits per heavy atom. The van der Waals surface area contributed by atoms with Crippen LogP contribution in [0.2, 0.25) is 0 Å². The van der Waals surface area contributed by atoms with Crippen LogP contribution in [0.3, 0.4) is 0 Å². The first kappa shape index (κ1) is 22.0. The van der Waals surface area contributed by atoms with E-state index in [9.17, 15) is 0 Å². The number of aryl methyl sites for hydroxylation is 1. The van der Waals surface area contributed by atoms with Gasteiger partial charge in [0.25, 0.3) is 6.01 Å². The van der Waals surface area contributed by atoms with Gasteiger partial charge in [0.05, 0.1) is 6.61 Å². The molecule has 0 fully saturated rings. The molecule has 0 aliphatic rings. The maximum atomic E-state index is 5.83. The minimum Gasteiger partial charge on any atom is -0.465 e. The van der Waals surface area contributed by atoms with Gasteiger partial charge in [-0.25, -0.2) is 4.98 Å². The Balaban J connectivity index is 1.92. The highest BCUT2D eigenvalue weighted by Crippen LogP contribution is 2.11. The highest BCUT2D eigenvalue weighted by atomic mass is 16.5. The second kappa shape index (κ2) is 16.4. The summed E-state index contributed by atoms with van der Waals surface area (Å²) < 4.78 is 13.6. The molecule has 1 rings (SSSR count). The molecule has 4 heteroatoms. The second-order valence-corrected chi connectivity index (χ2v) is 6.75. The van der Waals surface area contributed by atoms with E-state index in [4.69, 9.17) is 9.47 Å². The topological polar surface area (TPSA) is 36.3 Å². The van der Waals surface area contributed by atoms with Gasteiger partial charge in [-0.1, -0.05) is 58.8 Å². The lowest BCUT2D eigenvalue weighted by atomic mass is 10.2. The van der Waals surface area contributed by atoms with Crippen LogP contribution in [-0.4, -0.2) is 29.4 Å². The standard InChI is InChI=1S/C21H39N2O2/c1-3-5-7-11-16-23-17-15-22-21(23)25-20-14-10-9-13-19-24-18-12-8-6-4-2/h15,17H,1,3-14,16,18-20H2,2H3. The van der Waals surface area contributed by atoms with E-state index in [0.717, 1.165) is 51.6 Å². The Morgan fingerprint density at radius 3 is 2.28 bits per heavy atom. The van der Waals surface area contributed by atoms with Crippen molar-refractivity contribution < 1.29 is 9.47 Å². The molecule has 0 aliphatic carbocycles. The molecule has 0 bridgehead atoms. The molecule has 1 aromatic rings. The molecular weight excluding hydrogens is 312 g/mol. The van der Waals surface area contributed by atoms with Crippen molar-refractivity contribution in [1.29, 1.82) is 0 Å². The SMILES string of the molecule is [CH2]CCCCCn1ccnc1OCCCCCCOCCCCCC. The molecule has 0 unspecified atom stereocenters. The smallest absolute Gasteiger partial charge is 0.296 e. The van der Waals surface area contributed by atoms with Crippen molar-refractivity contribution in [2.45, 2.75) is 90.5 Å². The minimum absolute atomic E-state index is 0.758. The lowest BCUT2D eigenvalue weighted by Crippen LogP contribution is -2.05. The zero-order valence-electron chi connectivity index (χ0n) is 16.4. The summed E-state index contributed by atoms with van der Waals surface area (Å²) in [5.74, 6) is 0. The van der Waals surface area contributed by atoms with Crippen LogP contribution in [-0.2, 0) is 11.3 Å². The maximum absolute atomic E-state index is 5.83. The van der Waals surface area contributed by atoms with Crippen LogP contribution in [0.1, 0.15) is 84.0 Å². The number of aromatic nitrogens is 2. The van der Waals surface area contributed by atoms with Crippen molar-refractivity contribution >= 4 is 0 Å². The number of imidazole rings is 1. The number of nitrogens with zero attached hydrogens (tertiary/aromatic N) is 2. The first-order valence-corrected chi connectivity index (χ1v) is 10.4. The van der Waals surface area contributed by atoms with Crippen molar-refractivity contribution in [2.75, 3.05) is 19.8 Å². The second-order valence-electron chi connectivity index (χ2n) is 6.75. The first-order valence-electron chi connectivity index (χ1n) is 10.4. The van der Waals surface area contributed by atoms with Gasteiger partial charge in [0.15, 0.2) is 0 Å². The van der Waals surface area contributed by atoms with Gasteiger partial charge in [0.1, 0.15) is 0 Å². The largest absolute Gasteiger partial charge is 0.465 e. The number of hydrogen-bond acceptors (Lipinski definition) is 3. The van der Waals surface area contributed by atoms with Crippen LogP contribution in [0, 0.1) is 6.92 Å². The predicted octanol–water partition coefficient (Wildman–Crippen LogP) is 5.81. The first-order chi connectivity index (χ1) is 12.4. The molecule has 4 nitrogen and oxygen atoms in total. The fraction of sp³-hybridized carbons (Fsp3) is 0.810. The molecule has 0 saturated carbocycles. The average Bonchev–Trinajstić information content (AvgIpc) is 3.07. The monoisotopic (exact) mass is 351 g/mol. The van der Waals surface area contributed by atoms with E-state index >= 15 is 0 Å². The summed E-state index contributed by atoms with van der Waals surface area (Å²) in [4.78, 5) is 4.31. The molecular formula is C21H39N2O2. The average molecular weight is 352 g/mol. The molecule has 1 heterocycles. The summed E-state index contributed by atoms with van der Waals surface area (Å²) in [7, 11) is 0. The van der Waals surface area contributed by atoms with Crippen LogP contribution in [0.25, 0.3) is 0 Å². The highest BCUT2D eigenvalue weighted by molar-refractivity contribution is 4.98. The summed E-state index contributed by atoms with van der Waals surface area (Å²) in [6.45, 7) is 9.71. The molecule has 0 N–H and O–H groups in total. The molecule has 0 aliphatic heterocycles. The van der Waals surface area contributed by atoms with Crippen molar-refractivity contribution in [3.8, 4) is 6.01 Å². The lowest BCUT2D eigenvalue weighted by molar-refractivity contribution is 0.125. The maximum Gasteiger partial charge on any atom is 0.296 e. The van der Waals surface area contributed by atoms with Crippen molar-refractivity contribution in [3.63, 3.8) is 0 Å². The number of unbranched alkanes of at least 4 members (excludes halogenated alkanes) is 9. The third kappa shape index (κ3) is 12.0. The highest BCUT2D eigenvalue weighted by Gasteiger charge is 2.03. The fourth-order valence-corrected chi connectivity index (χ4v) is 2.80. The summed E-state index contributed by atoms with van der Waals surface area (Å²) in [6, 6.07) is 0.769.